The molecule has 1 atom stereocenters. The third-order valence-electron chi connectivity index (χ3n) is 3.97. The molecule has 3 heteroatoms. The maximum atomic E-state index is 12.3. The smallest absolute Gasteiger partial charge is 0.223 e. The van der Waals surface area contributed by atoms with E-state index in [-0.39, 0.29) is 11.8 Å². The number of nitrogens with zero attached hydrogens (tertiary/aromatic N) is 1. The highest BCUT2D eigenvalue weighted by Gasteiger charge is 2.21. The van der Waals surface area contributed by atoms with Gasteiger partial charge in [-0.05, 0) is 57.9 Å². The van der Waals surface area contributed by atoms with E-state index in [4.69, 9.17) is 5.73 Å². The zero-order valence-corrected chi connectivity index (χ0v) is 13.5. The van der Waals surface area contributed by atoms with Crippen LogP contribution in [0.25, 0.3) is 0 Å². The molecule has 0 aliphatic heterocycles. The van der Waals surface area contributed by atoms with Crippen molar-refractivity contribution < 1.29 is 4.79 Å². The molecule has 0 saturated carbocycles. The Balaban J connectivity index is 3.00. The Bertz CT molecular complexity index is 441. The molecule has 1 amide bonds. The molecule has 0 spiro atoms. The van der Waals surface area contributed by atoms with Crippen LogP contribution in [-0.4, -0.2) is 30.4 Å². The minimum Gasteiger partial charge on any atom is -0.343 e. The summed E-state index contributed by atoms with van der Waals surface area (Å²) in [6.45, 7) is 12.4. The Morgan fingerprint density at radius 2 is 1.65 bits per heavy atom. The summed E-state index contributed by atoms with van der Waals surface area (Å²) in [5.74, 6) is 0.313. The molecular weight excluding hydrogens is 248 g/mol. The first-order valence-electron chi connectivity index (χ1n) is 7.50. The summed E-state index contributed by atoms with van der Waals surface area (Å²) in [6, 6.07) is 4.35. The molecule has 1 rings (SSSR count). The number of benzene rings is 1. The summed E-state index contributed by atoms with van der Waals surface area (Å²) >= 11 is 0. The monoisotopic (exact) mass is 276 g/mol. The van der Waals surface area contributed by atoms with Crippen LogP contribution in [0.5, 0.6) is 0 Å². The number of rotatable bonds is 6. The van der Waals surface area contributed by atoms with Crippen molar-refractivity contribution in [3.8, 4) is 0 Å². The minimum atomic E-state index is 0.115. The van der Waals surface area contributed by atoms with Crippen molar-refractivity contribution >= 4 is 5.91 Å². The lowest BCUT2D eigenvalue weighted by Crippen LogP contribution is -2.33. The minimum absolute atomic E-state index is 0.115. The van der Waals surface area contributed by atoms with Crippen LogP contribution in [0.1, 0.15) is 48.4 Å². The summed E-state index contributed by atoms with van der Waals surface area (Å²) in [6.07, 6.45) is 0.503. The van der Waals surface area contributed by atoms with Crippen LogP contribution in [-0.2, 0) is 4.79 Å². The Morgan fingerprint density at radius 3 is 2.05 bits per heavy atom. The van der Waals surface area contributed by atoms with Gasteiger partial charge in [-0.15, -0.1) is 0 Å². The maximum Gasteiger partial charge on any atom is 0.223 e. The van der Waals surface area contributed by atoms with Gasteiger partial charge in [0.25, 0.3) is 0 Å². The third-order valence-corrected chi connectivity index (χ3v) is 3.97. The fourth-order valence-corrected chi connectivity index (χ4v) is 3.05. The zero-order valence-electron chi connectivity index (χ0n) is 13.5. The second-order valence-corrected chi connectivity index (χ2v) is 5.52. The van der Waals surface area contributed by atoms with Gasteiger partial charge in [0.2, 0.25) is 5.91 Å². The highest BCUT2D eigenvalue weighted by molar-refractivity contribution is 5.77. The highest BCUT2D eigenvalue weighted by Crippen LogP contribution is 2.27. The van der Waals surface area contributed by atoms with Crippen molar-refractivity contribution in [2.45, 2.75) is 47.0 Å². The predicted octanol–water partition coefficient (Wildman–Crippen LogP) is 2.91. The number of aryl methyl sites for hydroxylation is 3. The molecule has 1 aromatic carbocycles. The molecule has 2 N–H and O–H groups in total. The predicted molar refractivity (Wildman–Crippen MR) is 85.0 cm³/mol. The van der Waals surface area contributed by atoms with Crippen LogP contribution in [0.3, 0.4) is 0 Å². The SMILES string of the molecule is CCN(CC)C(=O)CC(CN)c1c(C)cc(C)cc1C. The highest BCUT2D eigenvalue weighted by atomic mass is 16.2. The van der Waals surface area contributed by atoms with Crippen molar-refractivity contribution in [2.75, 3.05) is 19.6 Å². The topological polar surface area (TPSA) is 46.3 Å². The van der Waals surface area contributed by atoms with E-state index in [0.717, 1.165) is 13.1 Å². The number of carbonyl (C=O) groups excluding carboxylic acids is 1. The van der Waals surface area contributed by atoms with Crippen LogP contribution in [0.2, 0.25) is 0 Å². The van der Waals surface area contributed by atoms with E-state index >= 15 is 0 Å². The molecule has 0 bridgehead atoms. The van der Waals surface area contributed by atoms with Gasteiger partial charge in [0.1, 0.15) is 0 Å². The van der Waals surface area contributed by atoms with Crippen molar-refractivity contribution in [1.29, 1.82) is 0 Å². The largest absolute Gasteiger partial charge is 0.343 e. The number of amides is 1. The summed E-state index contributed by atoms with van der Waals surface area (Å²) < 4.78 is 0. The second kappa shape index (κ2) is 7.44. The van der Waals surface area contributed by atoms with Gasteiger partial charge in [0, 0.05) is 25.4 Å². The van der Waals surface area contributed by atoms with Crippen molar-refractivity contribution in [2.24, 2.45) is 5.73 Å². The number of carbonyl (C=O) groups is 1. The van der Waals surface area contributed by atoms with Crippen LogP contribution in [0.4, 0.5) is 0 Å². The standard InChI is InChI=1S/C17H28N2O/c1-6-19(7-2)16(20)10-15(11-18)17-13(4)8-12(3)9-14(17)5/h8-9,15H,6-7,10-11,18H2,1-5H3. The van der Waals surface area contributed by atoms with Crippen LogP contribution in [0.15, 0.2) is 12.1 Å². The van der Waals surface area contributed by atoms with E-state index in [0.29, 0.717) is 13.0 Å². The molecule has 112 valence electrons. The first kappa shape index (κ1) is 16.7. The molecule has 0 fully saturated rings. The van der Waals surface area contributed by atoms with E-state index in [1.54, 1.807) is 0 Å². The first-order chi connectivity index (χ1) is 9.44. The molecule has 1 unspecified atom stereocenters. The normalized spacial score (nSPS) is 12.3. The van der Waals surface area contributed by atoms with Gasteiger partial charge in [0.05, 0.1) is 0 Å². The Morgan fingerprint density at radius 1 is 1.15 bits per heavy atom. The first-order valence-corrected chi connectivity index (χ1v) is 7.50. The Hall–Kier alpha value is -1.35. The molecule has 0 aromatic heterocycles. The van der Waals surface area contributed by atoms with Crippen molar-refractivity contribution in [3.63, 3.8) is 0 Å². The van der Waals surface area contributed by atoms with Crippen LogP contribution >= 0.6 is 0 Å². The fourth-order valence-electron chi connectivity index (χ4n) is 3.05. The lowest BCUT2D eigenvalue weighted by atomic mass is 9.87. The number of nitrogens with two attached hydrogens (primary N) is 1. The quantitative estimate of drug-likeness (QED) is 0.868. The lowest BCUT2D eigenvalue weighted by Gasteiger charge is -2.24. The summed E-state index contributed by atoms with van der Waals surface area (Å²) in [7, 11) is 0. The molecule has 0 aliphatic carbocycles. The molecule has 3 nitrogen and oxygen atoms in total. The molecule has 1 aromatic rings. The molecule has 20 heavy (non-hydrogen) atoms. The Kier molecular flexibility index (Phi) is 6.21. The average Bonchev–Trinajstić information content (AvgIpc) is 2.37. The summed E-state index contributed by atoms with van der Waals surface area (Å²) in [5, 5.41) is 0. The Labute approximate surface area is 123 Å². The van der Waals surface area contributed by atoms with Crippen LogP contribution < -0.4 is 5.73 Å². The van der Waals surface area contributed by atoms with Gasteiger partial charge < -0.3 is 10.6 Å². The van der Waals surface area contributed by atoms with Gasteiger partial charge >= 0.3 is 0 Å². The molecular formula is C17H28N2O. The number of hydrogen-bond donors (Lipinski definition) is 1. The van der Waals surface area contributed by atoms with E-state index in [1.165, 1.54) is 22.3 Å². The molecule has 0 radical (unpaired) electrons. The van der Waals surface area contributed by atoms with Gasteiger partial charge in [-0.1, -0.05) is 17.7 Å². The number of hydrogen-bond acceptors (Lipinski definition) is 2. The summed E-state index contributed by atoms with van der Waals surface area (Å²) in [4.78, 5) is 14.2. The lowest BCUT2D eigenvalue weighted by molar-refractivity contribution is -0.131. The van der Waals surface area contributed by atoms with Gasteiger partial charge in [-0.25, -0.2) is 0 Å². The van der Waals surface area contributed by atoms with Crippen molar-refractivity contribution in [1.82, 2.24) is 4.90 Å². The van der Waals surface area contributed by atoms with Gasteiger partial charge in [0.15, 0.2) is 0 Å². The average molecular weight is 276 g/mol. The third kappa shape index (κ3) is 3.83. The van der Waals surface area contributed by atoms with E-state index < -0.39 is 0 Å². The molecule has 0 saturated heterocycles. The van der Waals surface area contributed by atoms with Crippen molar-refractivity contribution in [3.05, 3.63) is 34.4 Å². The second-order valence-electron chi connectivity index (χ2n) is 5.52. The fraction of sp³-hybridized carbons (Fsp3) is 0.588. The van der Waals surface area contributed by atoms with Crippen LogP contribution in [0, 0.1) is 20.8 Å². The van der Waals surface area contributed by atoms with E-state index in [1.807, 2.05) is 18.7 Å². The molecule has 0 heterocycles. The van der Waals surface area contributed by atoms with Gasteiger partial charge in [-0.2, -0.15) is 0 Å². The van der Waals surface area contributed by atoms with E-state index in [2.05, 4.69) is 32.9 Å². The van der Waals surface area contributed by atoms with Gasteiger partial charge in [-0.3, -0.25) is 4.79 Å². The van der Waals surface area contributed by atoms with E-state index in [9.17, 15) is 4.79 Å². The molecule has 0 aliphatic rings. The zero-order chi connectivity index (χ0) is 15.3. The maximum absolute atomic E-state index is 12.3. The summed E-state index contributed by atoms with van der Waals surface area (Å²) in [5.41, 5.74) is 10.9.